The number of rotatable bonds is 11. The highest BCUT2D eigenvalue weighted by Gasteiger charge is 2.09. The van der Waals surface area contributed by atoms with Gasteiger partial charge in [0, 0.05) is 31.6 Å². The van der Waals surface area contributed by atoms with E-state index in [0.717, 1.165) is 61.0 Å². The van der Waals surface area contributed by atoms with E-state index in [1.165, 1.54) is 0 Å². The molecule has 0 radical (unpaired) electrons. The van der Waals surface area contributed by atoms with Gasteiger partial charge in [-0.25, -0.2) is 0 Å². The first-order chi connectivity index (χ1) is 15.6. The Labute approximate surface area is 188 Å². The average molecular weight is 441 g/mol. The quantitative estimate of drug-likeness (QED) is 0.262. The molecule has 3 rings (SSSR count). The summed E-state index contributed by atoms with van der Waals surface area (Å²) in [6.07, 6.45) is 3.80. The molecule has 172 valence electrons. The number of aromatic nitrogens is 3. The third-order valence-electron chi connectivity index (χ3n) is 5.00. The normalized spacial score (nSPS) is 11.7. The molecule has 0 amide bonds. The second-order valence-corrected chi connectivity index (χ2v) is 7.78. The van der Waals surface area contributed by atoms with Crippen LogP contribution in [0.5, 0.6) is 5.75 Å². The fourth-order valence-electron chi connectivity index (χ4n) is 3.07. The van der Waals surface area contributed by atoms with Crippen LogP contribution in [0.25, 0.3) is 11.4 Å². The van der Waals surface area contributed by atoms with Crippen LogP contribution >= 0.6 is 0 Å². The predicted octanol–water partition coefficient (Wildman–Crippen LogP) is 3.93. The lowest BCUT2D eigenvalue weighted by atomic mass is 10.1. The van der Waals surface area contributed by atoms with Crippen LogP contribution in [-0.2, 0) is 13.0 Å². The van der Waals surface area contributed by atoms with E-state index in [-0.39, 0.29) is 0 Å². The van der Waals surface area contributed by atoms with Gasteiger partial charge in [0.2, 0.25) is 11.7 Å². The lowest BCUT2D eigenvalue weighted by Crippen LogP contribution is -2.37. The molecular weight excluding hydrogens is 408 g/mol. The van der Waals surface area contributed by atoms with Gasteiger partial charge in [0.15, 0.2) is 11.7 Å². The second-order valence-electron chi connectivity index (χ2n) is 7.78. The monoisotopic (exact) mass is 440 g/mol. The van der Waals surface area contributed by atoms with Gasteiger partial charge in [0.25, 0.3) is 0 Å². The highest BCUT2D eigenvalue weighted by molar-refractivity contribution is 5.79. The number of nitrogens with one attached hydrogen (secondary N) is 2. The Morgan fingerprint density at radius 3 is 2.56 bits per heavy atom. The molecule has 0 aliphatic rings. The zero-order chi connectivity index (χ0) is 22.8. The maximum absolute atomic E-state index is 5.38. The summed E-state index contributed by atoms with van der Waals surface area (Å²) in [6, 6.07) is 9.59. The van der Waals surface area contributed by atoms with Gasteiger partial charge in [-0.1, -0.05) is 30.6 Å². The zero-order valence-corrected chi connectivity index (χ0v) is 19.2. The molecule has 0 aliphatic heterocycles. The number of hydrogen-bond acceptors (Lipinski definition) is 7. The SMILES string of the molecule is CN=C(NCCCCCc1nc(-c2ccc(OC)cc2)no1)NCc1cc(C(C)C)no1. The Balaban J connectivity index is 1.31. The topological polar surface area (TPSA) is 111 Å². The largest absolute Gasteiger partial charge is 0.497 e. The summed E-state index contributed by atoms with van der Waals surface area (Å²) in [7, 11) is 3.40. The summed E-state index contributed by atoms with van der Waals surface area (Å²) >= 11 is 0. The van der Waals surface area contributed by atoms with Crippen LogP contribution in [0.3, 0.4) is 0 Å². The van der Waals surface area contributed by atoms with Gasteiger partial charge in [-0.2, -0.15) is 4.98 Å². The molecule has 0 spiro atoms. The van der Waals surface area contributed by atoms with Crippen molar-refractivity contribution in [1.29, 1.82) is 0 Å². The highest BCUT2D eigenvalue weighted by atomic mass is 16.5. The first-order valence-electron chi connectivity index (χ1n) is 11.0. The van der Waals surface area contributed by atoms with E-state index in [1.807, 2.05) is 30.3 Å². The third kappa shape index (κ3) is 6.83. The summed E-state index contributed by atoms with van der Waals surface area (Å²) in [5.74, 6) is 3.96. The van der Waals surface area contributed by atoms with E-state index >= 15 is 0 Å². The van der Waals surface area contributed by atoms with Crippen molar-refractivity contribution in [2.45, 2.75) is 52.0 Å². The van der Waals surface area contributed by atoms with Crippen LogP contribution in [0.2, 0.25) is 0 Å². The number of unbranched alkanes of at least 4 members (excludes halogenated alkanes) is 2. The average Bonchev–Trinajstić information content (AvgIpc) is 3.48. The van der Waals surface area contributed by atoms with Crippen molar-refractivity contribution in [3.63, 3.8) is 0 Å². The minimum absolute atomic E-state index is 0.353. The van der Waals surface area contributed by atoms with E-state index in [0.29, 0.717) is 24.2 Å². The Morgan fingerprint density at radius 1 is 1.06 bits per heavy atom. The smallest absolute Gasteiger partial charge is 0.226 e. The van der Waals surface area contributed by atoms with Gasteiger partial charge < -0.3 is 24.4 Å². The van der Waals surface area contributed by atoms with E-state index in [2.05, 4.69) is 44.8 Å². The lowest BCUT2D eigenvalue weighted by molar-refractivity contribution is 0.371. The fourth-order valence-corrected chi connectivity index (χ4v) is 3.07. The lowest BCUT2D eigenvalue weighted by Gasteiger charge is -2.10. The summed E-state index contributed by atoms with van der Waals surface area (Å²) in [5.41, 5.74) is 1.87. The molecule has 0 saturated heterocycles. The summed E-state index contributed by atoms with van der Waals surface area (Å²) in [5, 5.41) is 14.7. The van der Waals surface area contributed by atoms with Crippen molar-refractivity contribution in [2.75, 3.05) is 20.7 Å². The number of hydrogen-bond donors (Lipinski definition) is 2. The van der Waals surface area contributed by atoms with Crippen LogP contribution in [0.4, 0.5) is 0 Å². The van der Waals surface area contributed by atoms with E-state index < -0.39 is 0 Å². The molecular formula is C23H32N6O3. The molecule has 0 unspecified atom stereocenters. The Kier molecular flexibility index (Phi) is 8.65. The van der Waals surface area contributed by atoms with Gasteiger partial charge in [0.1, 0.15) is 5.75 Å². The molecule has 0 atom stereocenters. The number of aliphatic imine (C=N–C) groups is 1. The maximum atomic E-state index is 5.38. The molecule has 9 nitrogen and oxygen atoms in total. The van der Waals surface area contributed by atoms with Gasteiger partial charge >= 0.3 is 0 Å². The molecule has 1 aromatic carbocycles. The van der Waals surface area contributed by atoms with Crippen molar-refractivity contribution >= 4 is 5.96 Å². The first kappa shape index (κ1) is 23.3. The van der Waals surface area contributed by atoms with Gasteiger partial charge in [-0.3, -0.25) is 4.99 Å². The van der Waals surface area contributed by atoms with E-state index in [4.69, 9.17) is 13.8 Å². The number of methoxy groups -OCH3 is 1. The summed E-state index contributed by atoms with van der Waals surface area (Å²) < 4.78 is 15.9. The van der Waals surface area contributed by atoms with E-state index in [9.17, 15) is 0 Å². The number of ether oxygens (including phenoxy) is 1. The Bertz CT molecular complexity index is 978. The molecule has 32 heavy (non-hydrogen) atoms. The van der Waals surface area contributed by atoms with Crippen molar-refractivity contribution in [2.24, 2.45) is 4.99 Å². The standard InChI is InChI=1S/C23H32N6O3/c1-16(2)20-14-19(31-28-20)15-26-23(24-3)25-13-7-5-6-8-21-27-22(29-32-21)17-9-11-18(30-4)12-10-17/h9-12,14,16H,5-8,13,15H2,1-4H3,(H2,24,25,26). The van der Waals surface area contributed by atoms with Gasteiger partial charge in [-0.15, -0.1) is 0 Å². The minimum atomic E-state index is 0.353. The maximum Gasteiger partial charge on any atom is 0.226 e. The van der Waals surface area contributed by atoms with Gasteiger partial charge in [-0.05, 0) is 43.0 Å². The molecule has 0 aliphatic carbocycles. The van der Waals surface area contributed by atoms with Crippen LogP contribution in [0.15, 0.2) is 44.4 Å². The number of benzene rings is 1. The summed E-state index contributed by atoms with van der Waals surface area (Å²) in [4.78, 5) is 8.73. The predicted molar refractivity (Wildman–Crippen MR) is 123 cm³/mol. The number of aryl methyl sites for hydroxylation is 1. The number of guanidine groups is 1. The van der Waals surface area contributed by atoms with Crippen molar-refractivity contribution in [3.8, 4) is 17.1 Å². The third-order valence-corrected chi connectivity index (χ3v) is 5.00. The van der Waals surface area contributed by atoms with Crippen molar-refractivity contribution in [3.05, 3.63) is 47.7 Å². The van der Waals surface area contributed by atoms with Crippen LogP contribution < -0.4 is 15.4 Å². The molecule has 9 heteroatoms. The Hall–Kier alpha value is -3.36. The first-order valence-corrected chi connectivity index (χ1v) is 11.0. The van der Waals surface area contributed by atoms with Crippen molar-refractivity contribution < 1.29 is 13.8 Å². The Morgan fingerprint density at radius 2 is 1.88 bits per heavy atom. The fraction of sp³-hybridized carbons (Fsp3) is 0.478. The number of nitrogens with zero attached hydrogens (tertiary/aromatic N) is 4. The zero-order valence-electron chi connectivity index (χ0n) is 19.2. The van der Waals surface area contributed by atoms with Crippen LogP contribution in [-0.4, -0.2) is 42.0 Å². The van der Waals surface area contributed by atoms with Crippen LogP contribution in [0, 0.1) is 0 Å². The highest BCUT2D eigenvalue weighted by Crippen LogP contribution is 2.20. The minimum Gasteiger partial charge on any atom is -0.497 e. The summed E-state index contributed by atoms with van der Waals surface area (Å²) in [6.45, 7) is 5.56. The molecule has 2 N–H and O–H groups in total. The second kappa shape index (κ2) is 11.9. The van der Waals surface area contributed by atoms with Crippen molar-refractivity contribution in [1.82, 2.24) is 25.9 Å². The molecule has 0 fully saturated rings. The van der Waals surface area contributed by atoms with E-state index in [1.54, 1.807) is 14.2 Å². The van der Waals surface area contributed by atoms with Crippen LogP contribution in [0.1, 0.15) is 56.4 Å². The molecule has 0 saturated carbocycles. The van der Waals surface area contributed by atoms with Gasteiger partial charge in [0.05, 0.1) is 19.3 Å². The molecule has 2 heterocycles. The molecule has 2 aromatic heterocycles. The molecule has 3 aromatic rings. The molecule has 0 bridgehead atoms.